The minimum atomic E-state index is -4.00. The Kier molecular flexibility index (Phi) is 7.62. The minimum Gasteiger partial charge on any atom is -0.485 e. The highest BCUT2D eigenvalue weighted by molar-refractivity contribution is 7.89. The molecule has 0 saturated carbocycles. The number of methoxy groups -OCH3 is 1. The van der Waals surface area contributed by atoms with Gasteiger partial charge in [0, 0.05) is 6.42 Å². The Labute approximate surface area is 199 Å². The Morgan fingerprint density at radius 3 is 2.32 bits per heavy atom. The molecule has 8 nitrogen and oxygen atoms in total. The average Bonchev–Trinajstić information content (AvgIpc) is 3.21. The summed E-state index contributed by atoms with van der Waals surface area (Å²) in [6.07, 6.45) is -0.570. The Bertz CT molecular complexity index is 1190. The number of para-hydroxylation sites is 1. The van der Waals surface area contributed by atoms with E-state index in [1.165, 1.54) is 30.2 Å². The van der Waals surface area contributed by atoms with Crippen molar-refractivity contribution in [3.05, 3.63) is 58.4 Å². The number of hydrogen-bond donors (Lipinski definition) is 1. The van der Waals surface area contributed by atoms with Gasteiger partial charge in [0.05, 0.1) is 25.1 Å². The summed E-state index contributed by atoms with van der Waals surface area (Å²) in [4.78, 5) is 26.6. The van der Waals surface area contributed by atoms with Gasteiger partial charge in [0.15, 0.2) is 11.6 Å². The number of likely N-dealkylation sites (tertiary alicyclic amines) is 1. The van der Waals surface area contributed by atoms with Crippen LogP contribution in [0.5, 0.6) is 5.75 Å². The molecular formula is C24H29FN2O6S. The fraction of sp³-hybridized carbons (Fsp3) is 0.417. The number of nitrogens with one attached hydrogen (secondary N) is 1. The maximum atomic E-state index is 14.0. The SMILES string of the molecule is COC(=O)C1CC(Oc2ccccc2F)CN1C(=O)CNS(=O)(=O)c1c(C)c(C)cc(C)c1C. The summed E-state index contributed by atoms with van der Waals surface area (Å²) < 4.78 is 53.0. The largest absolute Gasteiger partial charge is 0.485 e. The number of benzene rings is 2. The molecule has 184 valence electrons. The number of halogens is 1. The van der Waals surface area contributed by atoms with E-state index in [2.05, 4.69) is 4.72 Å². The molecule has 1 aliphatic rings. The van der Waals surface area contributed by atoms with Crippen molar-refractivity contribution in [3.8, 4) is 5.75 Å². The van der Waals surface area contributed by atoms with Gasteiger partial charge in [-0.2, -0.15) is 0 Å². The summed E-state index contributed by atoms with van der Waals surface area (Å²) in [6, 6.07) is 6.78. The lowest BCUT2D eigenvalue weighted by Crippen LogP contribution is -2.46. The van der Waals surface area contributed by atoms with Gasteiger partial charge in [-0.15, -0.1) is 0 Å². The van der Waals surface area contributed by atoms with Gasteiger partial charge < -0.3 is 14.4 Å². The summed E-state index contributed by atoms with van der Waals surface area (Å²) in [5.41, 5.74) is 2.87. The van der Waals surface area contributed by atoms with Crippen molar-refractivity contribution >= 4 is 21.9 Å². The Morgan fingerprint density at radius 2 is 1.74 bits per heavy atom. The van der Waals surface area contributed by atoms with Crippen LogP contribution in [0.15, 0.2) is 35.2 Å². The topological polar surface area (TPSA) is 102 Å². The molecule has 0 bridgehead atoms. The first-order valence-corrected chi connectivity index (χ1v) is 12.3. The molecule has 0 aliphatic carbocycles. The van der Waals surface area contributed by atoms with Crippen LogP contribution in [0.1, 0.15) is 28.7 Å². The van der Waals surface area contributed by atoms with Crippen molar-refractivity contribution in [2.45, 2.75) is 51.2 Å². The lowest BCUT2D eigenvalue weighted by atomic mass is 10.0. The number of aryl methyl sites for hydroxylation is 2. The molecule has 0 spiro atoms. The zero-order chi connectivity index (χ0) is 25.2. The molecule has 0 radical (unpaired) electrons. The van der Waals surface area contributed by atoms with E-state index in [9.17, 15) is 22.4 Å². The van der Waals surface area contributed by atoms with Crippen molar-refractivity contribution in [1.29, 1.82) is 0 Å². The van der Waals surface area contributed by atoms with Crippen LogP contribution >= 0.6 is 0 Å². The number of carbonyl (C=O) groups is 2. The third-order valence-electron chi connectivity index (χ3n) is 6.17. The van der Waals surface area contributed by atoms with E-state index in [-0.39, 0.29) is 23.6 Å². The van der Waals surface area contributed by atoms with Gasteiger partial charge in [-0.1, -0.05) is 18.2 Å². The summed E-state index contributed by atoms with van der Waals surface area (Å²) in [5, 5.41) is 0. The fourth-order valence-electron chi connectivity index (χ4n) is 4.15. The van der Waals surface area contributed by atoms with Crippen molar-refractivity contribution < 1.29 is 31.9 Å². The van der Waals surface area contributed by atoms with Gasteiger partial charge in [0.2, 0.25) is 15.9 Å². The van der Waals surface area contributed by atoms with Gasteiger partial charge >= 0.3 is 5.97 Å². The first kappa shape index (κ1) is 25.6. The van der Waals surface area contributed by atoms with Gasteiger partial charge in [-0.05, 0) is 62.1 Å². The Balaban J connectivity index is 1.77. The molecular weight excluding hydrogens is 463 g/mol. The second-order valence-electron chi connectivity index (χ2n) is 8.41. The molecule has 2 aromatic rings. The van der Waals surface area contributed by atoms with Crippen LogP contribution in [0.4, 0.5) is 4.39 Å². The van der Waals surface area contributed by atoms with Crippen molar-refractivity contribution in [2.24, 2.45) is 0 Å². The first-order valence-electron chi connectivity index (χ1n) is 10.8. The quantitative estimate of drug-likeness (QED) is 0.596. The van der Waals surface area contributed by atoms with Crippen LogP contribution in [0.2, 0.25) is 0 Å². The second-order valence-corrected chi connectivity index (χ2v) is 10.1. The van der Waals surface area contributed by atoms with E-state index >= 15 is 0 Å². The van der Waals surface area contributed by atoms with Crippen LogP contribution < -0.4 is 9.46 Å². The molecule has 1 amide bonds. The number of rotatable bonds is 7. The third-order valence-corrected chi connectivity index (χ3v) is 7.84. The number of hydrogen-bond acceptors (Lipinski definition) is 6. The molecule has 3 rings (SSSR count). The Morgan fingerprint density at radius 1 is 1.12 bits per heavy atom. The zero-order valence-corrected chi connectivity index (χ0v) is 20.7. The predicted molar refractivity (Wildman–Crippen MR) is 124 cm³/mol. The standard InChI is InChI=1S/C24H29FN2O6S/c1-14-10-15(2)17(4)23(16(14)3)34(30,31)26-12-22(28)27-13-18(11-20(27)24(29)32-5)33-21-9-7-6-8-19(21)25/h6-10,18,20,26H,11-13H2,1-5H3. The van der Waals surface area contributed by atoms with Crippen molar-refractivity contribution in [3.63, 3.8) is 0 Å². The molecule has 1 saturated heterocycles. The molecule has 1 heterocycles. The van der Waals surface area contributed by atoms with Gasteiger partial charge in [0.1, 0.15) is 12.1 Å². The molecule has 34 heavy (non-hydrogen) atoms. The summed E-state index contributed by atoms with van der Waals surface area (Å²) in [5.74, 6) is -1.82. The smallest absolute Gasteiger partial charge is 0.328 e. The lowest BCUT2D eigenvalue weighted by molar-refractivity contribution is -0.150. The molecule has 1 fully saturated rings. The summed E-state index contributed by atoms with van der Waals surface area (Å²) >= 11 is 0. The van der Waals surface area contributed by atoms with E-state index < -0.39 is 46.4 Å². The number of amides is 1. The van der Waals surface area contributed by atoms with Crippen LogP contribution in [0.3, 0.4) is 0 Å². The predicted octanol–water partition coefficient (Wildman–Crippen LogP) is 2.56. The van der Waals surface area contributed by atoms with Crippen LogP contribution in [-0.2, 0) is 24.3 Å². The first-order chi connectivity index (χ1) is 16.0. The van der Waals surface area contributed by atoms with E-state index in [0.717, 1.165) is 11.1 Å². The highest BCUT2D eigenvalue weighted by atomic mass is 32.2. The highest BCUT2D eigenvalue weighted by Gasteiger charge is 2.42. The minimum absolute atomic E-state index is 0.00638. The summed E-state index contributed by atoms with van der Waals surface area (Å²) in [6.45, 7) is 6.53. The van der Waals surface area contributed by atoms with Crippen LogP contribution in [0, 0.1) is 33.5 Å². The van der Waals surface area contributed by atoms with E-state index in [4.69, 9.17) is 9.47 Å². The van der Waals surface area contributed by atoms with Gasteiger partial charge in [-0.25, -0.2) is 22.3 Å². The van der Waals surface area contributed by atoms with E-state index in [0.29, 0.717) is 11.1 Å². The monoisotopic (exact) mass is 492 g/mol. The van der Waals surface area contributed by atoms with Crippen LogP contribution in [-0.4, -0.2) is 57.5 Å². The number of nitrogens with zero attached hydrogens (tertiary/aromatic N) is 1. The molecule has 1 aliphatic heterocycles. The molecule has 2 atom stereocenters. The van der Waals surface area contributed by atoms with Crippen LogP contribution in [0.25, 0.3) is 0 Å². The second kappa shape index (κ2) is 10.1. The normalized spacial score (nSPS) is 18.1. The number of sulfonamides is 1. The maximum absolute atomic E-state index is 14.0. The number of carbonyl (C=O) groups excluding carboxylic acids is 2. The number of ether oxygens (including phenoxy) is 2. The zero-order valence-electron chi connectivity index (χ0n) is 19.8. The maximum Gasteiger partial charge on any atom is 0.328 e. The van der Waals surface area contributed by atoms with Gasteiger partial charge in [0.25, 0.3) is 0 Å². The third kappa shape index (κ3) is 5.23. The fourth-order valence-corrected chi connectivity index (χ4v) is 5.74. The number of esters is 1. The molecule has 10 heteroatoms. The van der Waals surface area contributed by atoms with Gasteiger partial charge in [-0.3, -0.25) is 4.79 Å². The van der Waals surface area contributed by atoms with E-state index in [1.807, 2.05) is 19.9 Å². The average molecular weight is 493 g/mol. The lowest BCUT2D eigenvalue weighted by Gasteiger charge is -2.23. The highest BCUT2D eigenvalue weighted by Crippen LogP contribution is 2.27. The van der Waals surface area contributed by atoms with E-state index in [1.54, 1.807) is 19.9 Å². The van der Waals surface area contributed by atoms with Crippen molar-refractivity contribution in [2.75, 3.05) is 20.2 Å². The molecule has 1 N–H and O–H groups in total. The molecule has 2 aromatic carbocycles. The molecule has 0 aromatic heterocycles. The molecule has 2 unspecified atom stereocenters. The van der Waals surface area contributed by atoms with Crippen molar-refractivity contribution in [1.82, 2.24) is 9.62 Å². The Hall–Kier alpha value is -2.98. The summed E-state index contributed by atoms with van der Waals surface area (Å²) in [7, 11) is -2.80.